The largest absolute Gasteiger partial charge is 0.449 e. The van der Waals surface area contributed by atoms with Crippen LogP contribution in [0.5, 0.6) is 0 Å². The number of hydrogen-bond acceptors (Lipinski definition) is 4. The van der Waals surface area contributed by atoms with Crippen LogP contribution >= 0.6 is 0 Å². The number of carbonyl (C=O) groups is 2. The van der Waals surface area contributed by atoms with Crippen molar-refractivity contribution in [2.24, 2.45) is 0 Å². The van der Waals surface area contributed by atoms with Gasteiger partial charge in [-0.15, -0.1) is 0 Å². The lowest BCUT2D eigenvalue weighted by atomic mass is 10.2. The van der Waals surface area contributed by atoms with Crippen molar-refractivity contribution in [1.82, 2.24) is 14.5 Å². The second-order valence-corrected chi connectivity index (χ2v) is 7.60. The number of amides is 2. The smallest absolute Gasteiger partial charge is 0.444 e. The Morgan fingerprint density at radius 3 is 2.34 bits per heavy atom. The summed E-state index contributed by atoms with van der Waals surface area (Å²) in [5.41, 5.74) is -0.364. The van der Waals surface area contributed by atoms with Crippen molar-refractivity contribution in [3.8, 4) is 0 Å². The van der Waals surface area contributed by atoms with E-state index in [1.54, 1.807) is 39.0 Å². The number of hydrogen-bond donors (Lipinski definition) is 1. The molecule has 0 radical (unpaired) electrons. The van der Waals surface area contributed by atoms with Gasteiger partial charge < -0.3 is 19.5 Å². The van der Waals surface area contributed by atoms with E-state index in [0.717, 1.165) is 4.57 Å². The Morgan fingerprint density at radius 2 is 1.76 bits per heavy atom. The minimum atomic E-state index is -4.70. The van der Waals surface area contributed by atoms with E-state index < -0.39 is 29.6 Å². The molecule has 2 amide bonds. The zero-order chi connectivity index (χ0) is 21.4. The third-order valence-electron chi connectivity index (χ3n) is 4.18. The number of halogens is 3. The standard InChI is InChI=1S/C19H21F3N4O3/c1-18(2,3)29-17(28)25-9-10-26-13(11-25)14(24-16(26)19(20,21)22)23-15(27)12-7-5-4-6-8-12/h4-8H,9-11H2,1-3H3,(H,23,27). The fourth-order valence-corrected chi connectivity index (χ4v) is 2.94. The van der Waals surface area contributed by atoms with Gasteiger partial charge in [0.2, 0.25) is 5.82 Å². The van der Waals surface area contributed by atoms with Gasteiger partial charge in [-0.3, -0.25) is 4.79 Å². The van der Waals surface area contributed by atoms with Crippen molar-refractivity contribution in [3.63, 3.8) is 0 Å². The van der Waals surface area contributed by atoms with Gasteiger partial charge in [0, 0.05) is 18.7 Å². The Kier molecular flexibility index (Phi) is 5.29. The highest BCUT2D eigenvalue weighted by Gasteiger charge is 2.41. The molecule has 1 N–H and O–H groups in total. The van der Waals surface area contributed by atoms with Crippen LogP contribution < -0.4 is 5.32 Å². The van der Waals surface area contributed by atoms with Crippen LogP contribution in [0.1, 0.15) is 42.6 Å². The Balaban J connectivity index is 1.91. The van der Waals surface area contributed by atoms with Crippen molar-refractivity contribution in [2.45, 2.75) is 45.6 Å². The average Bonchev–Trinajstić information content (AvgIpc) is 2.99. The zero-order valence-electron chi connectivity index (χ0n) is 16.2. The lowest BCUT2D eigenvalue weighted by molar-refractivity contribution is -0.147. The van der Waals surface area contributed by atoms with Gasteiger partial charge in [0.15, 0.2) is 5.82 Å². The molecule has 0 fully saturated rings. The van der Waals surface area contributed by atoms with E-state index in [1.165, 1.54) is 17.0 Å². The predicted octanol–water partition coefficient (Wildman–Crippen LogP) is 3.90. The molecule has 0 atom stereocenters. The number of nitrogens with one attached hydrogen (secondary N) is 1. The normalized spacial score (nSPS) is 14.3. The molecule has 0 spiro atoms. The van der Waals surface area contributed by atoms with Crippen LogP contribution in [0.15, 0.2) is 30.3 Å². The maximum atomic E-state index is 13.4. The highest BCUT2D eigenvalue weighted by molar-refractivity contribution is 6.04. The molecule has 156 valence electrons. The van der Waals surface area contributed by atoms with E-state index in [2.05, 4.69) is 10.3 Å². The first kappa shape index (κ1) is 20.7. The first-order chi connectivity index (χ1) is 13.5. The van der Waals surface area contributed by atoms with E-state index >= 15 is 0 Å². The Labute approximate surface area is 165 Å². The predicted molar refractivity (Wildman–Crippen MR) is 98.3 cm³/mol. The van der Waals surface area contributed by atoms with Crippen molar-refractivity contribution in [1.29, 1.82) is 0 Å². The molecule has 2 aromatic rings. The lowest BCUT2D eigenvalue weighted by Gasteiger charge is -2.31. The number of aromatic nitrogens is 2. The van der Waals surface area contributed by atoms with Crippen LogP contribution in [0, 0.1) is 0 Å². The summed E-state index contributed by atoms with van der Waals surface area (Å²) in [6.07, 6.45) is -5.34. The zero-order valence-corrected chi connectivity index (χ0v) is 16.2. The molecule has 0 unspecified atom stereocenters. The van der Waals surface area contributed by atoms with Crippen LogP contribution in [-0.4, -0.2) is 38.6 Å². The van der Waals surface area contributed by atoms with E-state index in [9.17, 15) is 22.8 Å². The molecule has 0 bridgehead atoms. The topological polar surface area (TPSA) is 76.5 Å². The van der Waals surface area contributed by atoms with Gasteiger partial charge in [0.05, 0.1) is 12.2 Å². The first-order valence-electron chi connectivity index (χ1n) is 8.96. The molecule has 0 aliphatic carbocycles. The molecule has 1 aliphatic rings. The van der Waals surface area contributed by atoms with Gasteiger partial charge in [-0.2, -0.15) is 13.2 Å². The number of anilines is 1. The Bertz CT molecular complexity index is 917. The summed E-state index contributed by atoms with van der Waals surface area (Å²) in [4.78, 5) is 29.7. The molecule has 3 rings (SSSR count). The number of carbonyl (C=O) groups excluding carboxylic acids is 2. The summed E-state index contributed by atoms with van der Waals surface area (Å²) in [5, 5.41) is 2.44. The summed E-state index contributed by atoms with van der Waals surface area (Å²) >= 11 is 0. The van der Waals surface area contributed by atoms with E-state index in [-0.39, 0.29) is 36.7 Å². The number of alkyl halides is 3. The summed E-state index contributed by atoms with van der Waals surface area (Å²) in [5.74, 6) is -1.92. The highest BCUT2D eigenvalue weighted by atomic mass is 19.4. The summed E-state index contributed by atoms with van der Waals surface area (Å²) in [6, 6.07) is 8.08. The summed E-state index contributed by atoms with van der Waals surface area (Å²) in [6.45, 7) is 4.86. The van der Waals surface area contributed by atoms with Gasteiger partial charge in [0.25, 0.3) is 5.91 Å². The number of benzene rings is 1. The van der Waals surface area contributed by atoms with Crippen molar-refractivity contribution in [3.05, 3.63) is 47.4 Å². The molecule has 1 aromatic carbocycles. The third-order valence-corrected chi connectivity index (χ3v) is 4.18. The Hall–Kier alpha value is -3.04. The van der Waals surface area contributed by atoms with E-state index in [1.807, 2.05) is 0 Å². The first-order valence-corrected chi connectivity index (χ1v) is 8.96. The summed E-state index contributed by atoms with van der Waals surface area (Å²) < 4.78 is 46.6. The van der Waals surface area contributed by atoms with Gasteiger partial charge >= 0.3 is 12.3 Å². The molecule has 29 heavy (non-hydrogen) atoms. The maximum Gasteiger partial charge on any atom is 0.449 e. The monoisotopic (exact) mass is 410 g/mol. The quantitative estimate of drug-likeness (QED) is 0.815. The highest BCUT2D eigenvalue weighted by Crippen LogP contribution is 2.34. The Morgan fingerprint density at radius 1 is 1.10 bits per heavy atom. The number of ether oxygens (including phenoxy) is 1. The van der Waals surface area contributed by atoms with E-state index in [0.29, 0.717) is 0 Å². The molecule has 1 aliphatic heterocycles. The van der Waals surface area contributed by atoms with Crippen molar-refractivity contribution in [2.75, 3.05) is 11.9 Å². The average molecular weight is 410 g/mol. The number of imidazole rings is 1. The number of nitrogens with zero attached hydrogens (tertiary/aromatic N) is 3. The summed E-state index contributed by atoms with van der Waals surface area (Å²) in [7, 11) is 0. The van der Waals surface area contributed by atoms with Crippen molar-refractivity contribution < 1.29 is 27.5 Å². The number of fused-ring (bicyclic) bond motifs is 1. The van der Waals surface area contributed by atoms with Crippen LogP contribution in [0.2, 0.25) is 0 Å². The van der Waals surface area contributed by atoms with Crippen LogP contribution in [0.4, 0.5) is 23.8 Å². The fourth-order valence-electron chi connectivity index (χ4n) is 2.94. The molecule has 0 saturated heterocycles. The van der Waals surface area contributed by atoms with Crippen LogP contribution in [0.3, 0.4) is 0 Å². The molecule has 2 heterocycles. The molecule has 0 saturated carbocycles. The molecule has 1 aromatic heterocycles. The van der Waals surface area contributed by atoms with Gasteiger partial charge in [-0.05, 0) is 32.9 Å². The lowest BCUT2D eigenvalue weighted by Crippen LogP contribution is -2.42. The minimum Gasteiger partial charge on any atom is -0.444 e. The van der Waals surface area contributed by atoms with Crippen molar-refractivity contribution >= 4 is 17.8 Å². The maximum absolute atomic E-state index is 13.4. The van der Waals surface area contributed by atoms with E-state index in [4.69, 9.17) is 4.74 Å². The van der Waals surface area contributed by atoms with Gasteiger partial charge in [-0.25, -0.2) is 9.78 Å². The number of rotatable bonds is 2. The van der Waals surface area contributed by atoms with Gasteiger partial charge in [0.1, 0.15) is 5.60 Å². The second kappa shape index (κ2) is 7.41. The van der Waals surface area contributed by atoms with Gasteiger partial charge in [-0.1, -0.05) is 18.2 Å². The minimum absolute atomic E-state index is 0.0351. The molecule has 10 heteroatoms. The molecule has 7 nitrogen and oxygen atoms in total. The third kappa shape index (κ3) is 4.69. The SMILES string of the molecule is CC(C)(C)OC(=O)N1CCn2c(C(F)(F)F)nc(NC(=O)c3ccccc3)c2C1. The van der Waals surface area contributed by atoms with Crippen LogP contribution in [-0.2, 0) is 24.0 Å². The fraction of sp³-hybridized carbons (Fsp3) is 0.421. The van der Waals surface area contributed by atoms with Crippen LogP contribution in [0.25, 0.3) is 0 Å². The molecular weight excluding hydrogens is 389 g/mol. The molecular formula is C19H21F3N4O3. The second-order valence-electron chi connectivity index (χ2n) is 7.60.